The normalized spacial score (nSPS) is 16.7. The fourth-order valence-electron chi connectivity index (χ4n) is 6.40. The van der Waals surface area contributed by atoms with Crippen molar-refractivity contribution in [1.29, 1.82) is 5.26 Å². The zero-order chi connectivity index (χ0) is 33.6. The summed E-state index contributed by atoms with van der Waals surface area (Å²) in [5.41, 5.74) is 7.70. The first kappa shape index (κ1) is 32.6. The van der Waals surface area contributed by atoms with E-state index in [-0.39, 0.29) is 63.0 Å². The number of anilines is 2. The molecule has 1 aliphatic rings. The Bertz CT molecular complexity index is 1920. The molecule has 5 rings (SSSR count). The van der Waals surface area contributed by atoms with Crippen LogP contribution in [-0.2, 0) is 4.79 Å². The predicted octanol–water partition coefficient (Wildman–Crippen LogP) is 5.95. The maximum absolute atomic E-state index is 15.3. The Morgan fingerprint density at radius 2 is 1.74 bits per heavy atom. The number of pyridine rings is 2. The van der Waals surface area contributed by atoms with Crippen LogP contribution in [0.2, 0.25) is 5.02 Å². The Balaban J connectivity index is 1.95. The van der Waals surface area contributed by atoms with E-state index in [1.54, 1.807) is 17.0 Å². The van der Waals surface area contributed by atoms with Gasteiger partial charge < -0.3 is 15.5 Å². The number of hydrogen-bond acceptors (Lipinski definition) is 8. The summed E-state index contributed by atoms with van der Waals surface area (Å²) in [5, 5.41) is 11.1. The van der Waals surface area contributed by atoms with Crippen LogP contribution in [0.1, 0.15) is 70.3 Å². The molecule has 4 heterocycles. The summed E-state index contributed by atoms with van der Waals surface area (Å²) in [6.07, 6.45) is 2.74. The number of amides is 1. The van der Waals surface area contributed by atoms with Gasteiger partial charge in [0.15, 0.2) is 0 Å². The lowest BCUT2D eigenvalue weighted by molar-refractivity contribution is -0.130. The number of hydrogen-bond donors (Lipinski definition) is 1. The number of carbonyl (C=O) groups is 1. The number of carbonyl (C=O) groups excluding carboxylic acids is 1. The Morgan fingerprint density at radius 3 is 2.26 bits per heavy atom. The molecule has 3 aromatic heterocycles. The van der Waals surface area contributed by atoms with Crippen LogP contribution in [0.4, 0.5) is 15.8 Å². The van der Waals surface area contributed by atoms with Crippen LogP contribution < -0.4 is 16.2 Å². The van der Waals surface area contributed by atoms with Crippen molar-refractivity contribution in [3.8, 4) is 23.0 Å². The number of benzene rings is 1. The number of rotatable bonds is 6. The summed E-state index contributed by atoms with van der Waals surface area (Å²) in [4.78, 5) is 45.0. The van der Waals surface area contributed by atoms with Gasteiger partial charge in [-0.1, -0.05) is 51.9 Å². The molecule has 0 saturated carbocycles. The maximum Gasteiger partial charge on any atom is 0.276 e. The van der Waals surface area contributed by atoms with E-state index in [4.69, 9.17) is 22.3 Å². The Labute approximate surface area is 272 Å². The van der Waals surface area contributed by atoms with Crippen LogP contribution in [0.25, 0.3) is 28.0 Å². The minimum atomic E-state index is -0.629. The zero-order valence-electron chi connectivity index (χ0n) is 26.7. The molecule has 1 amide bonds. The lowest BCUT2D eigenvalue weighted by atomic mass is 9.99. The number of aromatic nitrogens is 4. The van der Waals surface area contributed by atoms with E-state index in [1.807, 2.05) is 46.4 Å². The summed E-state index contributed by atoms with van der Waals surface area (Å²) >= 11 is 6.87. The number of nitriles is 1. The Morgan fingerprint density at radius 1 is 1.13 bits per heavy atom. The van der Waals surface area contributed by atoms with Gasteiger partial charge >= 0.3 is 0 Å². The molecule has 2 N–H and O–H groups in total. The molecule has 2 atom stereocenters. The topological polar surface area (TPSA) is 134 Å². The SMILES string of the molecule is C=CC(=O)N1[C@H](C)CN(c2c(C#N)c(=O)n(-c3c(C(C)C)ncnc3C(C)C)c3nc(-c4c(N)cccc4F)c(Cl)cc23)C[C@@H]1C. The summed E-state index contributed by atoms with van der Waals surface area (Å²) in [5.74, 6) is -1.10. The van der Waals surface area contributed by atoms with E-state index >= 15 is 4.39 Å². The van der Waals surface area contributed by atoms with Gasteiger partial charge in [0, 0.05) is 36.2 Å². The second kappa shape index (κ2) is 12.5. The lowest BCUT2D eigenvalue weighted by Gasteiger charge is -2.45. The molecule has 4 aromatic rings. The minimum absolute atomic E-state index is 0.00409. The van der Waals surface area contributed by atoms with Crippen molar-refractivity contribution in [2.24, 2.45) is 0 Å². The molecular formula is C34H36ClFN8O2. The molecule has 1 saturated heterocycles. The van der Waals surface area contributed by atoms with Gasteiger partial charge in [-0.05, 0) is 50.0 Å². The van der Waals surface area contributed by atoms with Crippen molar-refractivity contribution in [3.63, 3.8) is 0 Å². The van der Waals surface area contributed by atoms with Crippen LogP contribution in [0.3, 0.4) is 0 Å². The molecule has 0 unspecified atom stereocenters. The molecular weight excluding hydrogens is 607 g/mol. The number of nitrogen functional groups attached to an aromatic ring is 1. The fraction of sp³-hybridized carbons (Fsp3) is 0.353. The van der Waals surface area contributed by atoms with E-state index < -0.39 is 11.4 Å². The second-order valence-electron chi connectivity index (χ2n) is 12.2. The molecule has 238 valence electrons. The number of piperazine rings is 1. The summed E-state index contributed by atoms with van der Waals surface area (Å²) in [6, 6.07) is 7.50. The van der Waals surface area contributed by atoms with Gasteiger partial charge in [-0.3, -0.25) is 14.2 Å². The highest BCUT2D eigenvalue weighted by Crippen LogP contribution is 2.40. The fourth-order valence-corrected chi connectivity index (χ4v) is 6.64. The van der Waals surface area contributed by atoms with E-state index in [9.17, 15) is 14.9 Å². The van der Waals surface area contributed by atoms with Crippen LogP contribution in [0, 0.1) is 17.1 Å². The Kier molecular flexibility index (Phi) is 8.87. The zero-order valence-corrected chi connectivity index (χ0v) is 27.4. The summed E-state index contributed by atoms with van der Waals surface area (Å²) in [7, 11) is 0. The van der Waals surface area contributed by atoms with Crippen LogP contribution in [0.15, 0.2) is 48.0 Å². The largest absolute Gasteiger partial charge is 0.398 e. The molecule has 1 fully saturated rings. The van der Waals surface area contributed by atoms with Gasteiger partial charge in [0.25, 0.3) is 5.56 Å². The molecule has 1 aromatic carbocycles. The van der Waals surface area contributed by atoms with Crippen molar-refractivity contribution >= 4 is 39.9 Å². The predicted molar refractivity (Wildman–Crippen MR) is 179 cm³/mol. The maximum atomic E-state index is 15.3. The molecule has 0 radical (unpaired) electrons. The van der Waals surface area contributed by atoms with Gasteiger partial charge in [0.05, 0.1) is 39.0 Å². The number of fused-ring (bicyclic) bond motifs is 1. The van der Waals surface area contributed by atoms with E-state index in [0.29, 0.717) is 41.2 Å². The molecule has 0 spiro atoms. The molecule has 0 bridgehead atoms. The average molecular weight is 643 g/mol. The van der Waals surface area contributed by atoms with Crippen molar-refractivity contribution in [2.45, 2.75) is 65.5 Å². The highest BCUT2D eigenvalue weighted by atomic mass is 35.5. The van der Waals surface area contributed by atoms with E-state index in [1.165, 1.54) is 29.1 Å². The highest BCUT2D eigenvalue weighted by molar-refractivity contribution is 6.34. The molecule has 0 aliphatic carbocycles. The first-order valence-corrected chi connectivity index (χ1v) is 15.5. The number of halogens is 2. The third kappa shape index (κ3) is 5.36. The van der Waals surface area contributed by atoms with E-state index in [0.717, 1.165) is 0 Å². The van der Waals surface area contributed by atoms with Crippen LogP contribution in [0.5, 0.6) is 0 Å². The summed E-state index contributed by atoms with van der Waals surface area (Å²) < 4.78 is 16.7. The summed E-state index contributed by atoms with van der Waals surface area (Å²) in [6.45, 7) is 15.9. The number of nitrogens with zero attached hydrogens (tertiary/aromatic N) is 7. The number of nitrogens with two attached hydrogens (primary N) is 1. The van der Waals surface area contributed by atoms with Crippen LogP contribution >= 0.6 is 11.6 Å². The van der Waals surface area contributed by atoms with Gasteiger partial charge in [-0.25, -0.2) is 19.3 Å². The molecule has 12 heteroatoms. The highest BCUT2D eigenvalue weighted by Gasteiger charge is 2.36. The third-order valence-electron chi connectivity index (χ3n) is 8.33. The third-order valence-corrected chi connectivity index (χ3v) is 8.62. The quantitative estimate of drug-likeness (QED) is 0.202. The second-order valence-corrected chi connectivity index (χ2v) is 12.6. The lowest BCUT2D eigenvalue weighted by Crippen LogP contribution is -2.58. The van der Waals surface area contributed by atoms with Gasteiger partial charge in [0.2, 0.25) is 5.91 Å². The van der Waals surface area contributed by atoms with E-state index in [2.05, 4.69) is 22.6 Å². The molecule has 46 heavy (non-hydrogen) atoms. The first-order chi connectivity index (χ1) is 21.8. The van der Waals surface area contributed by atoms with Gasteiger partial charge in [0.1, 0.15) is 29.4 Å². The molecule has 10 nitrogen and oxygen atoms in total. The monoisotopic (exact) mass is 642 g/mol. The Hall–Kier alpha value is -4.82. The van der Waals surface area contributed by atoms with Gasteiger partial charge in [-0.2, -0.15) is 5.26 Å². The standard InChI is InChI=1S/C34H36ClFN8O2/c1-8-26(45)43-19(6)14-42(15-20(43)7)31-21-12-23(35)30(27-24(36)10-9-11-25(27)38)41-33(21)44(34(46)22(31)13-37)32-28(17(2)3)39-16-40-29(32)18(4)5/h8-12,16-20H,1,14-15,38H2,2-7H3/t19-,20+. The first-order valence-electron chi connectivity index (χ1n) is 15.1. The molecule has 1 aliphatic heterocycles. The van der Waals surface area contributed by atoms with Gasteiger partial charge in [-0.15, -0.1) is 0 Å². The van der Waals surface area contributed by atoms with Crippen LogP contribution in [-0.4, -0.2) is 55.5 Å². The van der Waals surface area contributed by atoms with Crippen molar-refractivity contribution in [3.05, 3.63) is 81.4 Å². The van der Waals surface area contributed by atoms with Crippen molar-refractivity contribution in [1.82, 2.24) is 24.4 Å². The minimum Gasteiger partial charge on any atom is -0.398 e. The smallest absolute Gasteiger partial charge is 0.276 e. The average Bonchev–Trinajstić information content (AvgIpc) is 3.00. The van der Waals surface area contributed by atoms with Crippen molar-refractivity contribution < 1.29 is 9.18 Å². The van der Waals surface area contributed by atoms with Crippen molar-refractivity contribution in [2.75, 3.05) is 23.7 Å².